The molecule has 1 amide bonds. The van der Waals surface area contributed by atoms with E-state index in [9.17, 15) is 13.2 Å². The summed E-state index contributed by atoms with van der Waals surface area (Å²) in [5.74, 6) is 0.623. The molecule has 2 heterocycles. The van der Waals surface area contributed by atoms with Gasteiger partial charge in [0, 0.05) is 31.4 Å². The van der Waals surface area contributed by atoms with Gasteiger partial charge < -0.3 is 19.7 Å². The lowest BCUT2D eigenvalue weighted by atomic mass is 10.1. The highest BCUT2D eigenvalue weighted by molar-refractivity contribution is 7.92. The van der Waals surface area contributed by atoms with Crippen molar-refractivity contribution < 1.29 is 22.7 Å². The lowest BCUT2D eigenvalue weighted by Gasteiger charge is -2.28. The summed E-state index contributed by atoms with van der Waals surface area (Å²) in [7, 11) is -3.66. The molecule has 2 aliphatic heterocycles. The van der Waals surface area contributed by atoms with E-state index in [1.807, 2.05) is 12.1 Å². The first-order valence-electron chi connectivity index (χ1n) is 10.4. The topological polar surface area (TPSA) is 88.2 Å². The van der Waals surface area contributed by atoms with Crippen LogP contribution in [-0.4, -0.2) is 47.0 Å². The maximum absolute atomic E-state index is 12.5. The number of nitrogens with one attached hydrogen (secondary N) is 1. The Balaban J connectivity index is 1.37. The molecule has 4 rings (SSSR count). The predicted octanol–water partition coefficient (Wildman–Crippen LogP) is 2.49. The van der Waals surface area contributed by atoms with E-state index in [0.29, 0.717) is 23.7 Å². The van der Waals surface area contributed by atoms with Gasteiger partial charge in [0.25, 0.3) is 0 Å². The fourth-order valence-corrected chi connectivity index (χ4v) is 4.65. The van der Waals surface area contributed by atoms with Crippen LogP contribution in [0.15, 0.2) is 42.5 Å². The number of amides is 1. The number of nitrogens with zero attached hydrogens (tertiary/aromatic N) is 2. The van der Waals surface area contributed by atoms with Crippen LogP contribution in [0.2, 0.25) is 0 Å². The minimum atomic E-state index is -3.66. The van der Waals surface area contributed by atoms with Crippen molar-refractivity contribution in [2.45, 2.75) is 25.8 Å². The summed E-state index contributed by atoms with van der Waals surface area (Å²) in [6.45, 7) is 2.27. The first-order valence-corrected chi connectivity index (χ1v) is 12.2. The van der Waals surface area contributed by atoms with Gasteiger partial charge in [-0.3, -0.25) is 9.10 Å². The summed E-state index contributed by atoms with van der Waals surface area (Å²) in [6, 6.07) is 12.9. The van der Waals surface area contributed by atoms with Crippen molar-refractivity contribution in [3.8, 4) is 11.5 Å². The van der Waals surface area contributed by atoms with Crippen LogP contribution >= 0.6 is 0 Å². The van der Waals surface area contributed by atoms with Crippen LogP contribution in [0.3, 0.4) is 0 Å². The van der Waals surface area contributed by atoms with Crippen LogP contribution < -0.4 is 24.0 Å². The number of ether oxygens (including phenoxy) is 2. The Bertz CT molecular complexity index is 1030. The number of hydrogen-bond donors (Lipinski definition) is 1. The Hall–Kier alpha value is -2.94. The molecule has 0 unspecified atom stereocenters. The quantitative estimate of drug-likeness (QED) is 0.705. The highest BCUT2D eigenvalue weighted by atomic mass is 32.2. The molecule has 0 spiro atoms. The van der Waals surface area contributed by atoms with Gasteiger partial charge in [-0.25, -0.2) is 8.42 Å². The number of piperidine rings is 1. The Morgan fingerprint density at radius 1 is 1.03 bits per heavy atom. The monoisotopic (exact) mass is 445 g/mol. The Morgan fingerprint density at radius 2 is 1.74 bits per heavy atom. The molecule has 0 atom stereocenters. The lowest BCUT2D eigenvalue weighted by molar-refractivity contribution is -0.119. The number of fused-ring (bicyclic) bond motifs is 1. The fraction of sp³-hybridized carbons (Fsp3) is 0.409. The summed E-state index contributed by atoms with van der Waals surface area (Å²) >= 11 is 0. The van der Waals surface area contributed by atoms with Crippen molar-refractivity contribution in [2.75, 3.05) is 41.9 Å². The van der Waals surface area contributed by atoms with Gasteiger partial charge >= 0.3 is 0 Å². The molecule has 0 aliphatic carbocycles. The van der Waals surface area contributed by atoms with Crippen molar-refractivity contribution in [2.24, 2.45) is 0 Å². The van der Waals surface area contributed by atoms with Gasteiger partial charge in [-0.15, -0.1) is 0 Å². The molecule has 2 aromatic rings. The molecule has 2 aromatic carbocycles. The molecule has 166 valence electrons. The second-order valence-corrected chi connectivity index (χ2v) is 9.70. The normalized spacial score (nSPS) is 15.6. The van der Waals surface area contributed by atoms with E-state index >= 15 is 0 Å². The molecule has 0 aromatic heterocycles. The predicted molar refractivity (Wildman–Crippen MR) is 119 cm³/mol. The highest BCUT2D eigenvalue weighted by Crippen LogP contribution is 2.36. The second kappa shape index (κ2) is 9.05. The fourth-order valence-electron chi connectivity index (χ4n) is 3.80. The van der Waals surface area contributed by atoms with Crippen molar-refractivity contribution in [1.29, 1.82) is 0 Å². The van der Waals surface area contributed by atoms with Crippen LogP contribution in [0.25, 0.3) is 0 Å². The highest BCUT2D eigenvalue weighted by Gasteiger charge is 2.23. The summed E-state index contributed by atoms with van der Waals surface area (Å²) in [6.07, 6.45) is 4.80. The number of rotatable bonds is 7. The summed E-state index contributed by atoms with van der Waals surface area (Å²) in [4.78, 5) is 14.9. The molecule has 8 nitrogen and oxygen atoms in total. The molecule has 1 saturated heterocycles. The third-order valence-corrected chi connectivity index (χ3v) is 6.62. The number of carbonyl (C=O) groups is 1. The molecule has 0 radical (unpaired) electrons. The van der Waals surface area contributed by atoms with E-state index in [1.165, 1.54) is 24.9 Å². The average molecular weight is 446 g/mol. The van der Waals surface area contributed by atoms with Crippen molar-refractivity contribution in [1.82, 2.24) is 5.32 Å². The van der Waals surface area contributed by atoms with Crippen molar-refractivity contribution >= 4 is 27.3 Å². The second-order valence-electron chi connectivity index (χ2n) is 7.80. The third kappa shape index (κ3) is 5.22. The molecular weight excluding hydrogens is 418 g/mol. The van der Waals surface area contributed by atoms with Crippen LogP contribution in [0.4, 0.5) is 11.4 Å². The van der Waals surface area contributed by atoms with Crippen LogP contribution in [0, 0.1) is 0 Å². The van der Waals surface area contributed by atoms with E-state index in [-0.39, 0.29) is 19.2 Å². The van der Waals surface area contributed by atoms with E-state index in [2.05, 4.69) is 22.3 Å². The van der Waals surface area contributed by atoms with Gasteiger partial charge in [0.2, 0.25) is 22.7 Å². The maximum atomic E-state index is 12.5. The van der Waals surface area contributed by atoms with Gasteiger partial charge in [0.15, 0.2) is 11.5 Å². The zero-order valence-electron chi connectivity index (χ0n) is 17.5. The standard InChI is InChI=1S/C22H27N3O5S/c1-31(27,28)25(19-9-10-20-21(13-19)30-16-29-20)15-22(26)23-14-17-5-7-18(8-6-17)24-11-3-2-4-12-24/h5-10,13H,2-4,11-12,14-16H2,1H3,(H,23,26). The van der Waals surface area contributed by atoms with Gasteiger partial charge in [0.05, 0.1) is 11.9 Å². The van der Waals surface area contributed by atoms with Gasteiger partial charge in [-0.2, -0.15) is 0 Å². The molecule has 9 heteroatoms. The van der Waals surface area contributed by atoms with Gasteiger partial charge in [0.1, 0.15) is 6.54 Å². The van der Waals surface area contributed by atoms with Gasteiger partial charge in [-0.1, -0.05) is 12.1 Å². The molecule has 0 saturated carbocycles. The number of carbonyl (C=O) groups excluding carboxylic acids is 1. The smallest absolute Gasteiger partial charge is 0.241 e. The minimum absolute atomic E-state index is 0.0920. The van der Waals surface area contributed by atoms with Gasteiger partial charge in [-0.05, 0) is 49.1 Å². The zero-order chi connectivity index (χ0) is 21.8. The molecular formula is C22H27N3O5S. The SMILES string of the molecule is CS(=O)(=O)N(CC(=O)NCc1ccc(N2CCCCC2)cc1)c1ccc2c(c1)OCO2. The Labute approximate surface area is 182 Å². The van der Waals surface area contributed by atoms with E-state index in [1.54, 1.807) is 18.2 Å². The lowest BCUT2D eigenvalue weighted by Crippen LogP contribution is -2.40. The van der Waals surface area contributed by atoms with E-state index in [4.69, 9.17) is 9.47 Å². The molecule has 1 N–H and O–H groups in total. The molecule has 0 bridgehead atoms. The van der Waals surface area contributed by atoms with E-state index in [0.717, 1.165) is 29.2 Å². The van der Waals surface area contributed by atoms with Crippen LogP contribution in [0.1, 0.15) is 24.8 Å². The summed E-state index contributed by atoms with van der Waals surface area (Å²) < 4.78 is 36.2. The molecule has 2 aliphatic rings. The first-order chi connectivity index (χ1) is 14.9. The summed E-state index contributed by atoms with van der Waals surface area (Å²) in [5, 5.41) is 2.81. The zero-order valence-corrected chi connectivity index (χ0v) is 18.4. The van der Waals surface area contributed by atoms with Crippen molar-refractivity contribution in [3.05, 3.63) is 48.0 Å². The number of anilines is 2. The Morgan fingerprint density at radius 3 is 2.45 bits per heavy atom. The molecule has 31 heavy (non-hydrogen) atoms. The minimum Gasteiger partial charge on any atom is -0.454 e. The summed E-state index contributed by atoms with van der Waals surface area (Å²) in [5.41, 5.74) is 2.51. The number of benzene rings is 2. The number of sulfonamides is 1. The van der Waals surface area contributed by atoms with Crippen molar-refractivity contribution in [3.63, 3.8) is 0 Å². The first kappa shape index (κ1) is 21.3. The Kier molecular flexibility index (Phi) is 6.22. The number of hydrogen-bond acceptors (Lipinski definition) is 6. The largest absolute Gasteiger partial charge is 0.454 e. The maximum Gasteiger partial charge on any atom is 0.241 e. The molecule has 1 fully saturated rings. The average Bonchev–Trinajstić information content (AvgIpc) is 3.24. The van der Waals surface area contributed by atoms with Crippen LogP contribution in [-0.2, 0) is 21.4 Å². The van der Waals surface area contributed by atoms with Crippen LogP contribution in [0.5, 0.6) is 11.5 Å². The van der Waals surface area contributed by atoms with E-state index < -0.39 is 10.0 Å². The third-order valence-electron chi connectivity index (χ3n) is 5.48.